The maximum Gasteiger partial charge on any atom is 0.160 e. The second kappa shape index (κ2) is 10.3. The van der Waals surface area contributed by atoms with Crippen LogP contribution in [0.2, 0.25) is 0 Å². The summed E-state index contributed by atoms with van der Waals surface area (Å²) in [6.07, 6.45) is 0. The van der Waals surface area contributed by atoms with Crippen molar-refractivity contribution in [2.24, 2.45) is 0 Å². The highest BCUT2D eigenvalue weighted by Crippen LogP contribution is 2.54. The molecule has 0 radical (unpaired) electrons. The van der Waals surface area contributed by atoms with Crippen LogP contribution in [0.25, 0.3) is 94.1 Å². The third-order valence-corrected chi connectivity index (χ3v) is 11.0. The first-order chi connectivity index (χ1) is 25.0. The Labute approximate surface area is 294 Å². The molecule has 3 aromatic heterocycles. The number of furan rings is 1. The van der Waals surface area contributed by atoms with E-state index in [1.54, 1.807) is 0 Å². The Balaban J connectivity index is 1.10. The molecule has 7 aromatic carbocycles. The number of hydrogen-bond acceptors (Lipinski definition) is 3. The Morgan fingerprint density at radius 3 is 2.10 bits per heavy atom. The summed E-state index contributed by atoms with van der Waals surface area (Å²) in [5.41, 5.74) is 14.4. The van der Waals surface area contributed by atoms with Crippen LogP contribution in [0.4, 0.5) is 0 Å². The maximum atomic E-state index is 6.36. The van der Waals surface area contributed by atoms with Crippen molar-refractivity contribution in [3.63, 3.8) is 0 Å². The third kappa shape index (κ3) is 3.96. The van der Waals surface area contributed by atoms with E-state index in [4.69, 9.17) is 14.4 Å². The van der Waals surface area contributed by atoms with Gasteiger partial charge in [-0.1, -0.05) is 105 Å². The lowest BCUT2D eigenvalue weighted by Gasteiger charge is -2.21. The zero-order chi connectivity index (χ0) is 33.8. The summed E-state index contributed by atoms with van der Waals surface area (Å²) in [6.45, 7) is 4.71. The van der Waals surface area contributed by atoms with E-state index >= 15 is 0 Å². The molecule has 4 heteroatoms. The number of hydrogen-bond donors (Lipinski definition) is 0. The summed E-state index contributed by atoms with van der Waals surface area (Å²) in [4.78, 5) is 10.1. The van der Waals surface area contributed by atoms with Crippen LogP contribution >= 0.6 is 0 Å². The Morgan fingerprint density at radius 2 is 1.25 bits per heavy atom. The molecule has 3 heterocycles. The normalized spacial score (nSPS) is 13.5. The van der Waals surface area contributed by atoms with E-state index in [1.165, 1.54) is 54.8 Å². The van der Waals surface area contributed by atoms with Crippen molar-refractivity contribution in [3.05, 3.63) is 163 Å². The van der Waals surface area contributed by atoms with Crippen LogP contribution in [-0.2, 0) is 5.41 Å². The highest BCUT2D eigenvalue weighted by molar-refractivity contribution is 6.18. The Kier molecular flexibility index (Phi) is 5.70. The molecule has 0 spiro atoms. The molecule has 0 saturated heterocycles. The molecule has 0 unspecified atom stereocenters. The second-order valence-corrected chi connectivity index (χ2v) is 14.2. The van der Waals surface area contributed by atoms with Crippen LogP contribution in [0.1, 0.15) is 25.0 Å². The number of fused-ring (bicyclic) bond motifs is 11. The Bertz CT molecular complexity index is 3040. The molecule has 0 fully saturated rings. The minimum absolute atomic E-state index is 0.180. The number of nitrogens with zero attached hydrogens (tertiary/aromatic N) is 3. The van der Waals surface area contributed by atoms with Crippen LogP contribution < -0.4 is 0 Å². The van der Waals surface area contributed by atoms with Crippen LogP contribution in [-0.4, -0.2) is 14.5 Å². The summed E-state index contributed by atoms with van der Waals surface area (Å²) >= 11 is 0. The number of para-hydroxylation sites is 3. The van der Waals surface area contributed by atoms with E-state index in [0.29, 0.717) is 0 Å². The standard InChI is InChI=1S/C47H31N3O/c1-47(2)36-24-25-42-44(33-16-8-11-19-41(33)51-42)43(36)35-26-34-31-14-7-10-18-39(31)50(40(34)27-37(35)47)30-22-20-29(21-23-30)46-48-38-17-9-6-15-32(38)45(49-46)28-12-4-3-5-13-28/h3-27H,1-2H3. The predicted octanol–water partition coefficient (Wildman–Crippen LogP) is 12.3. The molecule has 1 aliphatic carbocycles. The van der Waals surface area contributed by atoms with E-state index in [0.717, 1.165) is 50.4 Å². The molecule has 0 aliphatic heterocycles. The van der Waals surface area contributed by atoms with Gasteiger partial charge in [-0.2, -0.15) is 0 Å². The van der Waals surface area contributed by atoms with E-state index < -0.39 is 0 Å². The van der Waals surface area contributed by atoms with Gasteiger partial charge in [0.2, 0.25) is 0 Å². The molecule has 0 bridgehead atoms. The average molecular weight is 654 g/mol. The molecule has 1 aliphatic rings. The van der Waals surface area contributed by atoms with Gasteiger partial charge in [0.05, 0.1) is 22.2 Å². The van der Waals surface area contributed by atoms with Gasteiger partial charge >= 0.3 is 0 Å². The molecule has 4 nitrogen and oxygen atoms in total. The summed E-state index contributed by atoms with van der Waals surface area (Å²) < 4.78 is 8.77. The van der Waals surface area contributed by atoms with Crippen molar-refractivity contribution in [1.82, 2.24) is 14.5 Å². The van der Waals surface area contributed by atoms with Gasteiger partial charge in [-0.15, -0.1) is 0 Å². The van der Waals surface area contributed by atoms with Gasteiger partial charge in [-0.05, 0) is 82.9 Å². The number of rotatable bonds is 3. The van der Waals surface area contributed by atoms with Gasteiger partial charge in [-0.25, -0.2) is 9.97 Å². The third-order valence-electron chi connectivity index (χ3n) is 11.0. The SMILES string of the molecule is CC1(C)c2cc3c(cc2-c2c1ccc1oc4ccccc4c21)c1ccccc1n3-c1ccc(-c2nc(-c3ccccc3)c3ccccc3n2)cc1. The molecule has 0 atom stereocenters. The Hall–Kier alpha value is -6.52. The highest BCUT2D eigenvalue weighted by atomic mass is 16.3. The number of benzene rings is 7. The van der Waals surface area contributed by atoms with Crippen LogP contribution in [0, 0.1) is 0 Å². The summed E-state index contributed by atoms with van der Waals surface area (Å²) in [5.74, 6) is 0.719. The van der Waals surface area contributed by atoms with E-state index in [-0.39, 0.29) is 5.41 Å². The fourth-order valence-electron chi connectivity index (χ4n) is 8.56. The molecular weight excluding hydrogens is 623 g/mol. The van der Waals surface area contributed by atoms with E-state index in [1.807, 2.05) is 24.3 Å². The lowest BCUT2D eigenvalue weighted by molar-refractivity contribution is 0.657. The van der Waals surface area contributed by atoms with Crippen molar-refractivity contribution in [1.29, 1.82) is 0 Å². The monoisotopic (exact) mass is 653 g/mol. The smallest absolute Gasteiger partial charge is 0.160 e. The van der Waals surface area contributed by atoms with Crippen molar-refractivity contribution < 1.29 is 4.42 Å². The average Bonchev–Trinajstić information content (AvgIpc) is 3.79. The quantitative estimate of drug-likeness (QED) is 0.191. The minimum atomic E-state index is -0.180. The second-order valence-electron chi connectivity index (χ2n) is 14.2. The lowest BCUT2D eigenvalue weighted by Crippen LogP contribution is -2.15. The molecule has 240 valence electrons. The molecule has 0 saturated carbocycles. The van der Waals surface area contributed by atoms with Gasteiger partial charge in [-0.3, -0.25) is 0 Å². The molecule has 0 N–H and O–H groups in total. The van der Waals surface area contributed by atoms with Crippen LogP contribution in [0.3, 0.4) is 0 Å². The van der Waals surface area contributed by atoms with Crippen molar-refractivity contribution in [2.75, 3.05) is 0 Å². The Morgan fingerprint density at radius 1 is 0.529 bits per heavy atom. The molecule has 11 rings (SSSR count). The number of aromatic nitrogens is 3. The fraction of sp³-hybridized carbons (Fsp3) is 0.0638. The summed E-state index contributed by atoms with van der Waals surface area (Å²) in [5, 5.41) is 5.91. The van der Waals surface area contributed by atoms with Crippen LogP contribution in [0.5, 0.6) is 0 Å². The first kappa shape index (κ1) is 28.3. The predicted molar refractivity (Wildman–Crippen MR) is 210 cm³/mol. The maximum absolute atomic E-state index is 6.36. The van der Waals surface area contributed by atoms with Gasteiger partial charge in [0.15, 0.2) is 5.82 Å². The van der Waals surface area contributed by atoms with Gasteiger partial charge in [0.1, 0.15) is 11.2 Å². The topological polar surface area (TPSA) is 43.9 Å². The fourth-order valence-corrected chi connectivity index (χ4v) is 8.56. The van der Waals surface area contributed by atoms with E-state index in [2.05, 4.69) is 146 Å². The first-order valence-corrected chi connectivity index (χ1v) is 17.5. The van der Waals surface area contributed by atoms with Gasteiger partial charge in [0, 0.05) is 49.2 Å². The summed E-state index contributed by atoms with van der Waals surface area (Å²) in [6, 6.07) is 53.8. The minimum Gasteiger partial charge on any atom is -0.456 e. The van der Waals surface area contributed by atoms with Crippen LogP contribution in [0.15, 0.2) is 156 Å². The highest BCUT2D eigenvalue weighted by Gasteiger charge is 2.38. The van der Waals surface area contributed by atoms with Gasteiger partial charge < -0.3 is 8.98 Å². The van der Waals surface area contributed by atoms with Crippen molar-refractivity contribution in [3.8, 4) is 39.5 Å². The largest absolute Gasteiger partial charge is 0.456 e. The van der Waals surface area contributed by atoms with E-state index in [9.17, 15) is 0 Å². The summed E-state index contributed by atoms with van der Waals surface area (Å²) in [7, 11) is 0. The zero-order valence-corrected chi connectivity index (χ0v) is 28.2. The van der Waals surface area contributed by atoms with Gasteiger partial charge in [0.25, 0.3) is 0 Å². The van der Waals surface area contributed by atoms with Crippen molar-refractivity contribution >= 4 is 54.6 Å². The lowest BCUT2D eigenvalue weighted by atomic mass is 9.82. The molecular formula is C47H31N3O. The first-order valence-electron chi connectivity index (χ1n) is 17.5. The molecule has 10 aromatic rings. The molecule has 51 heavy (non-hydrogen) atoms. The zero-order valence-electron chi connectivity index (χ0n) is 28.2. The van der Waals surface area contributed by atoms with Crippen molar-refractivity contribution in [2.45, 2.75) is 19.3 Å². The molecule has 0 amide bonds.